The van der Waals surface area contributed by atoms with E-state index in [4.69, 9.17) is 5.26 Å². The van der Waals surface area contributed by atoms with E-state index in [9.17, 15) is 9.59 Å². The molecule has 0 heterocycles. The number of aldehydes is 1. The van der Waals surface area contributed by atoms with E-state index in [2.05, 4.69) is 0 Å². The summed E-state index contributed by atoms with van der Waals surface area (Å²) < 4.78 is 0. The largest absolute Gasteiger partial charge is 0.298 e. The number of nitriles is 1. The van der Waals surface area contributed by atoms with Gasteiger partial charge in [0.25, 0.3) is 0 Å². The zero-order valence-electron chi connectivity index (χ0n) is 7.07. The molecule has 0 N–H and O–H groups in total. The molecule has 0 fully saturated rings. The first kappa shape index (κ1) is 9.14. The highest BCUT2D eigenvalue weighted by Gasteiger charge is 2.11. The molecule has 64 valence electrons. The lowest BCUT2D eigenvalue weighted by molar-refractivity contribution is 0.100. The van der Waals surface area contributed by atoms with Gasteiger partial charge in [0.15, 0.2) is 12.1 Å². The monoisotopic (exact) mass is 173 g/mol. The van der Waals surface area contributed by atoms with Gasteiger partial charge in [0.2, 0.25) is 0 Å². The predicted octanol–water partition coefficient (Wildman–Crippen LogP) is 1.57. The van der Waals surface area contributed by atoms with Crippen LogP contribution in [0, 0.1) is 11.3 Å². The molecule has 3 nitrogen and oxygen atoms in total. The SMILES string of the molecule is CC(=O)c1c(C#N)cccc1C=O. The van der Waals surface area contributed by atoms with Gasteiger partial charge in [-0.2, -0.15) is 5.26 Å². The fraction of sp³-hybridized carbons (Fsp3) is 0.100. The van der Waals surface area contributed by atoms with Crippen LogP contribution in [-0.4, -0.2) is 12.1 Å². The zero-order valence-corrected chi connectivity index (χ0v) is 7.07. The number of Topliss-reactive ketones (excluding diaryl/α,β-unsaturated/α-hetero) is 1. The summed E-state index contributed by atoms with van der Waals surface area (Å²) in [6.07, 6.45) is 0.581. The molecular formula is C10H7NO2. The van der Waals surface area contributed by atoms with Gasteiger partial charge in [-0.25, -0.2) is 0 Å². The molecule has 0 atom stereocenters. The number of hydrogen-bond acceptors (Lipinski definition) is 3. The van der Waals surface area contributed by atoms with Crippen LogP contribution < -0.4 is 0 Å². The molecule has 0 saturated heterocycles. The number of nitrogens with zero attached hydrogens (tertiary/aromatic N) is 1. The van der Waals surface area contributed by atoms with E-state index in [0.717, 1.165) is 0 Å². The molecular weight excluding hydrogens is 166 g/mol. The topological polar surface area (TPSA) is 57.9 Å². The van der Waals surface area contributed by atoms with Crippen molar-refractivity contribution in [3.63, 3.8) is 0 Å². The van der Waals surface area contributed by atoms with Crippen molar-refractivity contribution < 1.29 is 9.59 Å². The second-order valence-electron chi connectivity index (χ2n) is 2.56. The smallest absolute Gasteiger partial charge is 0.161 e. The van der Waals surface area contributed by atoms with Crippen molar-refractivity contribution in [2.45, 2.75) is 6.92 Å². The van der Waals surface area contributed by atoms with Crippen LogP contribution in [0.3, 0.4) is 0 Å². The average Bonchev–Trinajstić information content (AvgIpc) is 2.16. The Kier molecular flexibility index (Phi) is 2.56. The molecule has 13 heavy (non-hydrogen) atoms. The first-order valence-electron chi connectivity index (χ1n) is 3.70. The third-order valence-electron chi connectivity index (χ3n) is 1.70. The number of ketones is 1. The summed E-state index contributed by atoms with van der Waals surface area (Å²) in [4.78, 5) is 21.6. The van der Waals surface area contributed by atoms with Crippen LogP contribution in [0.4, 0.5) is 0 Å². The lowest BCUT2D eigenvalue weighted by Crippen LogP contribution is -2.01. The maximum absolute atomic E-state index is 11.1. The molecule has 0 radical (unpaired) electrons. The van der Waals surface area contributed by atoms with Crippen molar-refractivity contribution in [2.75, 3.05) is 0 Å². The number of rotatable bonds is 2. The Morgan fingerprint density at radius 2 is 2.23 bits per heavy atom. The second-order valence-corrected chi connectivity index (χ2v) is 2.56. The average molecular weight is 173 g/mol. The van der Waals surface area contributed by atoms with Gasteiger partial charge in [-0.15, -0.1) is 0 Å². The van der Waals surface area contributed by atoms with Gasteiger partial charge < -0.3 is 0 Å². The van der Waals surface area contributed by atoms with Crippen LogP contribution in [0.5, 0.6) is 0 Å². The van der Waals surface area contributed by atoms with Crippen molar-refractivity contribution >= 4 is 12.1 Å². The lowest BCUT2D eigenvalue weighted by atomic mass is 10.00. The highest BCUT2D eigenvalue weighted by Crippen LogP contribution is 2.12. The van der Waals surface area contributed by atoms with E-state index < -0.39 is 0 Å². The molecule has 0 aromatic heterocycles. The molecule has 1 aromatic rings. The Morgan fingerprint density at radius 1 is 1.54 bits per heavy atom. The van der Waals surface area contributed by atoms with E-state index in [1.54, 1.807) is 6.07 Å². The highest BCUT2D eigenvalue weighted by molar-refractivity contribution is 6.03. The van der Waals surface area contributed by atoms with E-state index in [-0.39, 0.29) is 22.5 Å². The minimum absolute atomic E-state index is 0.208. The quantitative estimate of drug-likeness (QED) is 0.503. The van der Waals surface area contributed by atoms with E-state index in [1.165, 1.54) is 19.1 Å². The van der Waals surface area contributed by atoms with Crippen LogP contribution in [0.25, 0.3) is 0 Å². The molecule has 0 unspecified atom stereocenters. The van der Waals surface area contributed by atoms with Crippen LogP contribution in [0.1, 0.15) is 33.2 Å². The summed E-state index contributed by atoms with van der Waals surface area (Å²) in [7, 11) is 0. The summed E-state index contributed by atoms with van der Waals surface area (Å²) in [6.45, 7) is 1.34. The van der Waals surface area contributed by atoms with Gasteiger partial charge in [-0.05, 0) is 13.0 Å². The number of benzene rings is 1. The van der Waals surface area contributed by atoms with Crippen LogP contribution in [0.15, 0.2) is 18.2 Å². The van der Waals surface area contributed by atoms with E-state index in [0.29, 0.717) is 6.29 Å². The molecule has 0 aliphatic carbocycles. The third kappa shape index (κ3) is 1.62. The maximum atomic E-state index is 11.1. The fourth-order valence-corrected chi connectivity index (χ4v) is 1.15. The summed E-state index contributed by atoms with van der Waals surface area (Å²) >= 11 is 0. The first-order valence-corrected chi connectivity index (χ1v) is 3.70. The van der Waals surface area contributed by atoms with Crippen molar-refractivity contribution in [1.82, 2.24) is 0 Å². The number of carbonyl (C=O) groups is 2. The number of hydrogen-bond donors (Lipinski definition) is 0. The third-order valence-corrected chi connectivity index (χ3v) is 1.70. The summed E-state index contributed by atoms with van der Waals surface area (Å²) in [5.41, 5.74) is 0.726. The van der Waals surface area contributed by atoms with Crippen molar-refractivity contribution in [1.29, 1.82) is 5.26 Å². The predicted molar refractivity (Wildman–Crippen MR) is 46.5 cm³/mol. The molecule has 0 saturated carbocycles. The number of carbonyl (C=O) groups excluding carboxylic acids is 2. The minimum Gasteiger partial charge on any atom is -0.298 e. The van der Waals surface area contributed by atoms with Gasteiger partial charge in [-0.3, -0.25) is 9.59 Å². The Balaban J connectivity index is 3.49. The van der Waals surface area contributed by atoms with Gasteiger partial charge >= 0.3 is 0 Å². The second kappa shape index (κ2) is 3.63. The van der Waals surface area contributed by atoms with Crippen LogP contribution in [0.2, 0.25) is 0 Å². The van der Waals surface area contributed by atoms with Gasteiger partial charge in [0, 0.05) is 11.1 Å². The summed E-state index contributed by atoms with van der Waals surface area (Å²) in [6, 6.07) is 6.49. The van der Waals surface area contributed by atoms with Gasteiger partial charge in [0.05, 0.1) is 11.6 Å². The highest BCUT2D eigenvalue weighted by atomic mass is 16.1. The van der Waals surface area contributed by atoms with Gasteiger partial charge in [-0.1, -0.05) is 12.1 Å². The molecule has 0 bridgehead atoms. The van der Waals surface area contributed by atoms with Crippen LogP contribution in [-0.2, 0) is 0 Å². The molecule has 0 aliphatic heterocycles. The first-order chi connectivity index (χ1) is 6.20. The molecule has 1 aromatic carbocycles. The maximum Gasteiger partial charge on any atom is 0.161 e. The Morgan fingerprint density at radius 3 is 2.69 bits per heavy atom. The summed E-state index contributed by atoms with van der Waals surface area (Å²) in [5.74, 6) is -0.265. The fourth-order valence-electron chi connectivity index (χ4n) is 1.15. The zero-order chi connectivity index (χ0) is 9.84. The molecule has 1 rings (SSSR count). The lowest BCUT2D eigenvalue weighted by Gasteiger charge is -2.01. The van der Waals surface area contributed by atoms with Gasteiger partial charge in [0.1, 0.15) is 0 Å². The Bertz CT molecular complexity index is 402. The molecule has 0 aliphatic rings. The Labute approximate surface area is 75.6 Å². The van der Waals surface area contributed by atoms with E-state index >= 15 is 0 Å². The molecule has 0 amide bonds. The standard InChI is InChI=1S/C10H7NO2/c1-7(13)10-8(5-11)3-2-4-9(10)6-12/h2-4,6H,1H3. The summed E-state index contributed by atoms with van der Waals surface area (Å²) in [5, 5.41) is 8.67. The Hall–Kier alpha value is -1.95. The van der Waals surface area contributed by atoms with Crippen molar-refractivity contribution in [2.24, 2.45) is 0 Å². The van der Waals surface area contributed by atoms with E-state index in [1.807, 2.05) is 6.07 Å². The molecule has 3 heteroatoms. The molecule has 0 spiro atoms. The minimum atomic E-state index is -0.265. The normalized spacial score (nSPS) is 8.92. The van der Waals surface area contributed by atoms with Crippen molar-refractivity contribution in [3.05, 3.63) is 34.9 Å². The van der Waals surface area contributed by atoms with Crippen molar-refractivity contribution in [3.8, 4) is 6.07 Å². The van der Waals surface area contributed by atoms with Crippen LogP contribution >= 0.6 is 0 Å².